The monoisotopic (exact) mass is 430 g/mol. The molecule has 1 saturated heterocycles. The number of fused-ring (bicyclic) bond motifs is 1. The molecule has 2 aliphatic rings. The second-order valence-corrected chi connectivity index (χ2v) is 8.46. The van der Waals surface area contributed by atoms with Crippen LogP contribution in [0.5, 0.6) is 0 Å². The number of benzene rings is 1. The number of esters is 1. The first-order valence-electron chi connectivity index (χ1n) is 11.1. The van der Waals surface area contributed by atoms with Crippen molar-refractivity contribution < 1.29 is 19.1 Å². The Morgan fingerprint density at radius 1 is 1.06 bits per heavy atom. The second-order valence-electron chi connectivity index (χ2n) is 8.46. The van der Waals surface area contributed by atoms with Crippen molar-refractivity contribution in [2.75, 3.05) is 46.4 Å². The molecule has 31 heavy (non-hydrogen) atoms. The minimum atomic E-state index is -0.585. The van der Waals surface area contributed by atoms with Gasteiger partial charge in [-0.1, -0.05) is 31.2 Å². The van der Waals surface area contributed by atoms with Crippen LogP contribution in [0, 0.1) is 0 Å². The fourth-order valence-electron chi connectivity index (χ4n) is 4.14. The molecule has 2 amide bonds. The van der Waals surface area contributed by atoms with Crippen molar-refractivity contribution in [2.45, 2.75) is 45.3 Å². The number of hydrogen-bond acceptors (Lipinski definition) is 6. The molecular formula is C23H34N4O4. The fourth-order valence-corrected chi connectivity index (χ4v) is 4.14. The number of nitrogens with zero attached hydrogens (tertiary/aromatic N) is 3. The molecule has 1 N–H and O–H groups in total. The van der Waals surface area contributed by atoms with E-state index in [1.165, 1.54) is 7.11 Å². The van der Waals surface area contributed by atoms with Crippen molar-refractivity contribution in [1.82, 2.24) is 20.0 Å². The van der Waals surface area contributed by atoms with Crippen LogP contribution < -0.4 is 5.32 Å². The van der Waals surface area contributed by atoms with E-state index in [1.54, 1.807) is 4.90 Å². The Morgan fingerprint density at radius 3 is 2.29 bits per heavy atom. The zero-order valence-corrected chi connectivity index (χ0v) is 18.8. The van der Waals surface area contributed by atoms with Crippen molar-refractivity contribution in [1.29, 1.82) is 0 Å². The largest absolute Gasteiger partial charge is 0.467 e. The minimum Gasteiger partial charge on any atom is -0.467 e. The van der Waals surface area contributed by atoms with Crippen LogP contribution in [0.25, 0.3) is 0 Å². The Hall–Kier alpha value is -2.45. The molecule has 3 rings (SSSR count). The maximum Gasteiger partial charge on any atom is 0.328 e. The van der Waals surface area contributed by atoms with E-state index >= 15 is 0 Å². The summed E-state index contributed by atoms with van der Waals surface area (Å²) in [5.41, 5.74) is 2.17. The molecule has 0 unspecified atom stereocenters. The molecule has 8 heteroatoms. The highest BCUT2D eigenvalue weighted by molar-refractivity contribution is 5.86. The lowest BCUT2D eigenvalue weighted by Gasteiger charge is -2.38. The predicted molar refractivity (Wildman–Crippen MR) is 117 cm³/mol. The van der Waals surface area contributed by atoms with E-state index in [4.69, 9.17) is 4.74 Å². The van der Waals surface area contributed by atoms with Crippen LogP contribution >= 0.6 is 0 Å². The van der Waals surface area contributed by atoms with Gasteiger partial charge in [-0.15, -0.1) is 0 Å². The SMILES string of the molecule is CC[C@H](C)NC(=O)CN1CCN(CC(=O)N2Cc3ccccc3C[C@H]2C(=O)OC)CC1. The number of carbonyl (C=O) groups excluding carboxylic acids is 3. The molecule has 1 aromatic carbocycles. The van der Waals surface area contributed by atoms with Crippen molar-refractivity contribution in [3.8, 4) is 0 Å². The molecule has 0 spiro atoms. The number of methoxy groups -OCH3 is 1. The van der Waals surface area contributed by atoms with Crippen LogP contribution in [0.3, 0.4) is 0 Å². The quantitative estimate of drug-likeness (QED) is 0.640. The van der Waals surface area contributed by atoms with Crippen LogP contribution in [-0.4, -0.2) is 90.9 Å². The standard InChI is InChI=1S/C23H34N4O4/c1-4-17(2)24-21(28)15-25-9-11-26(12-10-25)16-22(29)27-14-19-8-6-5-7-18(19)13-20(27)23(30)31-3/h5-8,17,20H,4,9-16H2,1-3H3,(H,24,28)/t17-,20-/m0/s1. The van der Waals surface area contributed by atoms with Crippen molar-refractivity contribution in [3.63, 3.8) is 0 Å². The summed E-state index contributed by atoms with van der Waals surface area (Å²) in [6.45, 7) is 8.04. The maximum atomic E-state index is 13.1. The van der Waals surface area contributed by atoms with Gasteiger partial charge in [0, 0.05) is 45.2 Å². The number of ether oxygens (including phenoxy) is 1. The Bertz CT molecular complexity index is 792. The Labute approximate surface area is 184 Å². The van der Waals surface area contributed by atoms with Crippen molar-refractivity contribution in [2.24, 2.45) is 0 Å². The number of nitrogens with one attached hydrogen (secondary N) is 1. The predicted octanol–water partition coefficient (Wildman–Crippen LogP) is 0.645. The molecule has 2 heterocycles. The number of rotatable bonds is 7. The zero-order valence-electron chi connectivity index (χ0n) is 18.8. The highest BCUT2D eigenvalue weighted by Gasteiger charge is 2.36. The van der Waals surface area contributed by atoms with Gasteiger partial charge >= 0.3 is 5.97 Å². The Kier molecular flexibility index (Phi) is 8.03. The highest BCUT2D eigenvalue weighted by Crippen LogP contribution is 2.24. The second kappa shape index (κ2) is 10.7. The van der Waals surface area contributed by atoms with E-state index in [0.29, 0.717) is 19.5 Å². The average Bonchev–Trinajstić information content (AvgIpc) is 2.78. The van der Waals surface area contributed by atoms with Crippen LogP contribution in [0.1, 0.15) is 31.4 Å². The molecule has 170 valence electrons. The number of hydrogen-bond donors (Lipinski definition) is 1. The van der Waals surface area contributed by atoms with E-state index in [0.717, 1.165) is 43.7 Å². The molecule has 0 aliphatic carbocycles. The fraction of sp³-hybridized carbons (Fsp3) is 0.609. The summed E-state index contributed by atoms with van der Waals surface area (Å²) >= 11 is 0. The third-order valence-corrected chi connectivity index (χ3v) is 6.25. The van der Waals surface area contributed by atoms with Crippen LogP contribution in [0.2, 0.25) is 0 Å². The normalized spacial score (nSPS) is 20.6. The van der Waals surface area contributed by atoms with Gasteiger partial charge < -0.3 is 15.0 Å². The number of piperazine rings is 1. The van der Waals surface area contributed by atoms with Gasteiger partial charge in [-0.3, -0.25) is 19.4 Å². The molecule has 0 saturated carbocycles. The van der Waals surface area contributed by atoms with Gasteiger partial charge in [0.15, 0.2) is 0 Å². The van der Waals surface area contributed by atoms with Gasteiger partial charge in [0.1, 0.15) is 6.04 Å². The Balaban J connectivity index is 1.54. The molecule has 2 aliphatic heterocycles. The maximum absolute atomic E-state index is 13.1. The summed E-state index contributed by atoms with van der Waals surface area (Å²) in [5, 5.41) is 2.99. The first-order valence-corrected chi connectivity index (χ1v) is 11.1. The molecule has 0 radical (unpaired) electrons. The molecule has 0 bridgehead atoms. The Morgan fingerprint density at radius 2 is 1.68 bits per heavy atom. The first kappa shape index (κ1) is 23.2. The summed E-state index contributed by atoms with van der Waals surface area (Å²) < 4.78 is 4.97. The van der Waals surface area contributed by atoms with Gasteiger partial charge in [0.2, 0.25) is 11.8 Å². The highest BCUT2D eigenvalue weighted by atomic mass is 16.5. The minimum absolute atomic E-state index is 0.0479. The summed E-state index contributed by atoms with van der Waals surface area (Å²) in [7, 11) is 1.36. The number of amides is 2. The summed E-state index contributed by atoms with van der Waals surface area (Å²) in [5.74, 6) is -0.389. The van der Waals surface area contributed by atoms with Gasteiger partial charge in [-0.25, -0.2) is 4.79 Å². The topological polar surface area (TPSA) is 82.2 Å². The molecule has 2 atom stereocenters. The number of carbonyl (C=O) groups is 3. The van der Waals surface area contributed by atoms with Gasteiger partial charge in [0.25, 0.3) is 0 Å². The lowest BCUT2D eigenvalue weighted by Crippen LogP contribution is -2.55. The van der Waals surface area contributed by atoms with Gasteiger partial charge in [0.05, 0.1) is 20.2 Å². The molecule has 8 nitrogen and oxygen atoms in total. The van der Waals surface area contributed by atoms with E-state index in [-0.39, 0.29) is 30.4 Å². The van der Waals surface area contributed by atoms with Crippen molar-refractivity contribution in [3.05, 3.63) is 35.4 Å². The molecular weight excluding hydrogens is 396 g/mol. The van der Waals surface area contributed by atoms with Crippen LogP contribution in [0.15, 0.2) is 24.3 Å². The molecule has 1 aromatic rings. The van der Waals surface area contributed by atoms with Gasteiger partial charge in [-0.05, 0) is 24.5 Å². The molecule has 1 fully saturated rings. The van der Waals surface area contributed by atoms with Gasteiger partial charge in [-0.2, -0.15) is 0 Å². The lowest BCUT2D eigenvalue weighted by atomic mass is 9.94. The van der Waals surface area contributed by atoms with E-state index in [1.807, 2.05) is 38.1 Å². The smallest absolute Gasteiger partial charge is 0.328 e. The van der Waals surface area contributed by atoms with Crippen LogP contribution in [0.4, 0.5) is 0 Å². The first-order chi connectivity index (χ1) is 14.9. The zero-order chi connectivity index (χ0) is 22.4. The molecule has 0 aromatic heterocycles. The lowest BCUT2D eigenvalue weighted by molar-refractivity contribution is -0.154. The van der Waals surface area contributed by atoms with Crippen LogP contribution in [-0.2, 0) is 32.1 Å². The average molecular weight is 431 g/mol. The third kappa shape index (κ3) is 6.04. The summed E-state index contributed by atoms with van der Waals surface area (Å²) in [6, 6.07) is 7.52. The summed E-state index contributed by atoms with van der Waals surface area (Å²) in [6.07, 6.45) is 1.39. The van der Waals surface area contributed by atoms with E-state index in [2.05, 4.69) is 15.1 Å². The van der Waals surface area contributed by atoms with E-state index < -0.39 is 6.04 Å². The third-order valence-electron chi connectivity index (χ3n) is 6.25. The van der Waals surface area contributed by atoms with E-state index in [9.17, 15) is 14.4 Å². The van der Waals surface area contributed by atoms with Crippen molar-refractivity contribution >= 4 is 17.8 Å². The summed E-state index contributed by atoms with van der Waals surface area (Å²) in [4.78, 5) is 43.4.